The molecule has 0 aliphatic heterocycles. The monoisotopic (exact) mass is 350 g/mol. The summed E-state index contributed by atoms with van der Waals surface area (Å²) in [6, 6.07) is 8.86. The van der Waals surface area contributed by atoms with E-state index in [9.17, 15) is 21.6 Å². The molecule has 1 aromatic rings. The molecule has 1 aliphatic rings. The summed E-state index contributed by atoms with van der Waals surface area (Å²) in [7, 11) is -5.57. The molecule has 0 spiro atoms. The maximum Gasteiger partial charge on any atom is 0.523 e. The van der Waals surface area contributed by atoms with E-state index in [0.29, 0.717) is 6.42 Å². The molecule has 0 unspecified atom stereocenters. The Labute approximate surface area is 135 Å². The summed E-state index contributed by atoms with van der Waals surface area (Å²) >= 11 is 0. The highest BCUT2D eigenvalue weighted by Crippen LogP contribution is 2.32. The lowest BCUT2D eigenvalue weighted by atomic mass is 9.84. The van der Waals surface area contributed by atoms with E-state index in [1.165, 1.54) is 0 Å². The van der Waals surface area contributed by atoms with E-state index in [1.807, 2.05) is 0 Å². The predicted molar refractivity (Wildman–Crippen MR) is 81.2 cm³/mol. The summed E-state index contributed by atoms with van der Waals surface area (Å²) in [4.78, 5) is 0. The SMILES string of the molecule is O=S(=O)(O[C@@H](Cc1ccccc1)CC1CCCCC1)C(F)(F)F. The van der Waals surface area contributed by atoms with Crippen LogP contribution in [-0.4, -0.2) is 20.0 Å². The van der Waals surface area contributed by atoms with Crippen molar-refractivity contribution in [2.45, 2.75) is 56.6 Å². The number of hydrogen-bond acceptors (Lipinski definition) is 3. The van der Waals surface area contributed by atoms with Crippen LogP contribution in [0.4, 0.5) is 13.2 Å². The molecule has 2 rings (SSSR count). The van der Waals surface area contributed by atoms with Crippen molar-refractivity contribution in [3.63, 3.8) is 0 Å². The van der Waals surface area contributed by atoms with Crippen LogP contribution < -0.4 is 0 Å². The number of halogens is 3. The van der Waals surface area contributed by atoms with E-state index in [4.69, 9.17) is 0 Å². The highest BCUT2D eigenvalue weighted by molar-refractivity contribution is 7.87. The fraction of sp³-hybridized carbons (Fsp3) is 0.625. The second kappa shape index (κ2) is 7.66. The van der Waals surface area contributed by atoms with Crippen molar-refractivity contribution in [3.05, 3.63) is 35.9 Å². The molecule has 3 nitrogen and oxygen atoms in total. The van der Waals surface area contributed by atoms with Crippen molar-refractivity contribution in [2.24, 2.45) is 5.92 Å². The van der Waals surface area contributed by atoms with Gasteiger partial charge in [0.15, 0.2) is 0 Å². The van der Waals surface area contributed by atoms with E-state index in [0.717, 1.165) is 37.7 Å². The molecule has 0 aromatic heterocycles. The van der Waals surface area contributed by atoms with Gasteiger partial charge >= 0.3 is 15.6 Å². The van der Waals surface area contributed by atoms with Crippen LogP contribution in [0.2, 0.25) is 0 Å². The van der Waals surface area contributed by atoms with Gasteiger partial charge in [-0.05, 0) is 17.9 Å². The third-order valence-electron chi connectivity index (χ3n) is 4.17. The maximum absolute atomic E-state index is 12.6. The van der Waals surface area contributed by atoms with Gasteiger partial charge < -0.3 is 0 Å². The first-order valence-corrected chi connectivity index (χ1v) is 9.22. The molecule has 0 saturated heterocycles. The zero-order valence-corrected chi connectivity index (χ0v) is 13.6. The van der Waals surface area contributed by atoms with Gasteiger partial charge in [0, 0.05) is 6.42 Å². The topological polar surface area (TPSA) is 43.4 Å². The Kier molecular flexibility index (Phi) is 6.08. The Bertz CT molecular complexity index is 578. The Hall–Kier alpha value is -1.08. The third-order valence-corrected chi connectivity index (χ3v) is 5.27. The molecule has 23 heavy (non-hydrogen) atoms. The molecule has 0 heterocycles. The minimum absolute atomic E-state index is 0.159. The first-order valence-electron chi connectivity index (χ1n) is 7.81. The van der Waals surface area contributed by atoms with Gasteiger partial charge in [-0.15, -0.1) is 0 Å². The molecular weight excluding hydrogens is 329 g/mol. The Morgan fingerprint density at radius 3 is 2.26 bits per heavy atom. The molecule has 1 saturated carbocycles. The summed E-state index contributed by atoms with van der Waals surface area (Å²) in [6.45, 7) is 0. The molecule has 7 heteroatoms. The number of benzene rings is 1. The number of alkyl halides is 3. The van der Waals surface area contributed by atoms with Crippen LogP contribution in [0.1, 0.15) is 44.1 Å². The number of rotatable bonds is 6. The van der Waals surface area contributed by atoms with Crippen molar-refractivity contribution in [3.8, 4) is 0 Å². The Balaban J connectivity index is 2.10. The smallest absolute Gasteiger partial charge is 0.259 e. The van der Waals surface area contributed by atoms with Gasteiger partial charge in [0.05, 0.1) is 6.10 Å². The Morgan fingerprint density at radius 2 is 1.70 bits per heavy atom. The zero-order valence-electron chi connectivity index (χ0n) is 12.8. The summed E-state index contributed by atoms with van der Waals surface area (Å²) in [5.74, 6) is 0.223. The Morgan fingerprint density at radius 1 is 1.09 bits per heavy atom. The third kappa shape index (κ3) is 5.49. The maximum atomic E-state index is 12.6. The molecule has 0 radical (unpaired) electrons. The largest absolute Gasteiger partial charge is 0.523 e. The van der Waals surface area contributed by atoms with Crippen LogP contribution in [0.3, 0.4) is 0 Å². The average molecular weight is 350 g/mol. The van der Waals surface area contributed by atoms with Crippen molar-refractivity contribution < 1.29 is 25.8 Å². The van der Waals surface area contributed by atoms with E-state index in [2.05, 4.69) is 4.18 Å². The molecule has 1 atom stereocenters. The van der Waals surface area contributed by atoms with E-state index in [-0.39, 0.29) is 12.3 Å². The summed E-state index contributed by atoms with van der Waals surface area (Å²) in [6.07, 6.45) is 4.55. The van der Waals surface area contributed by atoms with Crippen LogP contribution in [-0.2, 0) is 20.7 Å². The summed E-state index contributed by atoms with van der Waals surface area (Å²) in [5, 5.41) is 0. The van der Waals surface area contributed by atoms with Crippen LogP contribution in [0.5, 0.6) is 0 Å². The highest BCUT2D eigenvalue weighted by Gasteiger charge is 2.48. The van der Waals surface area contributed by atoms with Crippen molar-refractivity contribution in [1.82, 2.24) is 0 Å². The normalized spacial score (nSPS) is 18.7. The fourth-order valence-electron chi connectivity index (χ4n) is 3.06. The van der Waals surface area contributed by atoms with E-state index >= 15 is 0 Å². The molecule has 1 fully saturated rings. The second-order valence-corrected chi connectivity index (χ2v) is 7.61. The molecular formula is C16H21F3O3S. The van der Waals surface area contributed by atoms with Gasteiger partial charge in [-0.25, -0.2) is 0 Å². The van der Waals surface area contributed by atoms with Crippen molar-refractivity contribution in [2.75, 3.05) is 0 Å². The van der Waals surface area contributed by atoms with E-state index in [1.54, 1.807) is 30.3 Å². The van der Waals surface area contributed by atoms with Gasteiger partial charge in [-0.3, -0.25) is 4.18 Å². The molecule has 1 aliphatic carbocycles. The fourth-order valence-corrected chi connectivity index (χ4v) is 3.68. The highest BCUT2D eigenvalue weighted by atomic mass is 32.2. The van der Waals surface area contributed by atoms with Gasteiger partial charge in [-0.2, -0.15) is 21.6 Å². The number of hydrogen-bond donors (Lipinski definition) is 0. The first kappa shape index (κ1) is 18.3. The zero-order chi connectivity index (χ0) is 16.9. The average Bonchev–Trinajstić information content (AvgIpc) is 2.47. The van der Waals surface area contributed by atoms with Crippen LogP contribution >= 0.6 is 0 Å². The molecule has 0 bridgehead atoms. The molecule has 0 N–H and O–H groups in total. The summed E-state index contributed by atoms with van der Waals surface area (Å²) in [5.41, 5.74) is -4.61. The lowest BCUT2D eigenvalue weighted by Crippen LogP contribution is -2.32. The van der Waals surface area contributed by atoms with Crippen LogP contribution in [0, 0.1) is 5.92 Å². The minimum atomic E-state index is -5.57. The minimum Gasteiger partial charge on any atom is -0.259 e. The lowest BCUT2D eigenvalue weighted by Gasteiger charge is -2.26. The summed E-state index contributed by atoms with van der Waals surface area (Å²) < 4.78 is 65.0. The van der Waals surface area contributed by atoms with Gasteiger partial charge in [0.1, 0.15) is 0 Å². The lowest BCUT2D eigenvalue weighted by molar-refractivity contribution is -0.0582. The standard InChI is InChI=1S/C16H21F3O3S/c17-16(18,19)23(20,21)22-15(11-13-7-3-1-4-8-13)12-14-9-5-2-6-10-14/h1,3-4,7-8,14-15H,2,5-6,9-12H2/t15-/m0/s1. The van der Waals surface area contributed by atoms with Gasteiger partial charge in [0.2, 0.25) is 0 Å². The van der Waals surface area contributed by atoms with Crippen molar-refractivity contribution >= 4 is 10.1 Å². The predicted octanol–water partition coefficient (Wildman–Crippen LogP) is 4.43. The quantitative estimate of drug-likeness (QED) is 0.563. The van der Waals surface area contributed by atoms with Gasteiger partial charge in [0.25, 0.3) is 0 Å². The van der Waals surface area contributed by atoms with Gasteiger partial charge in [-0.1, -0.05) is 62.4 Å². The molecule has 130 valence electrons. The van der Waals surface area contributed by atoms with Crippen LogP contribution in [0.15, 0.2) is 30.3 Å². The van der Waals surface area contributed by atoms with Crippen molar-refractivity contribution in [1.29, 1.82) is 0 Å². The molecule has 0 amide bonds. The second-order valence-electron chi connectivity index (χ2n) is 6.05. The van der Waals surface area contributed by atoms with E-state index < -0.39 is 21.7 Å². The molecule has 1 aromatic carbocycles. The first-order chi connectivity index (χ1) is 10.8. The van der Waals surface area contributed by atoms with Crippen LogP contribution in [0.25, 0.3) is 0 Å².